The lowest BCUT2D eigenvalue weighted by molar-refractivity contribution is -0.128. The summed E-state index contributed by atoms with van der Waals surface area (Å²) in [5.74, 6) is -0.346. The van der Waals surface area contributed by atoms with Crippen molar-refractivity contribution >= 4 is 11.9 Å². The second-order valence-corrected chi connectivity index (χ2v) is 5.44. The van der Waals surface area contributed by atoms with Crippen molar-refractivity contribution in [3.8, 4) is 0 Å². The van der Waals surface area contributed by atoms with Crippen LogP contribution in [0.25, 0.3) is 0 Å². The van der Waals surface area contributed by atoms with E-state index in [1.807, 2.05) is 24.3 Å². The van der Waals surface area contributed by atoms with Gasteiger partial charge in [0.25, 0.3) is 0 Å². The Kier molecular flexibility index (Phi) is 5.46. The van der Waals surface area contributed by atoms with Gasteiger partial charge in [0, 0.05) is 32.9 Å². The summed E-state index contributed by atoms with van der Waals surface area (Å²) in [5.41, 5.74) is 3.59. The normalized spacial score (nSPS) is 10.2. The van der Waals surface area contributed by atoms with E-state index in [4.69, 9.17) is 4.74 Å². The molecule has 23 heavy (non-hydrogen) atoms. The lowest BCUT2D eigenvalue weighted by Gasteiger charge is -2.14. The zero-order valence-electron chi connectivity index (χ0n) is 13.6. The molecular formula is C18H20N2O3. The average molecular weight is 312 g/mol. The Balaban J connectivity index is 2.06. The zero-order chi connectivity index (χ0) is 16.8. The molecule has 2 rings (SSSR count). The number of hydrogen-bond donors (Lipinski definition) is 0. The number of nitrogens with zero attached hydrogens (tertiary/aromatic N) is 2. The van der Waals surface area contributed by atoms with Crippen LogP contribution in [-0.2, 0) is 22.5 Å². The van der Waals surface area contributed by atoms with Gasteiger partial charge in [-0.25, -0.2) is 4.79 Å². The monoisotopic (exact) mass is 312 g/mol. The van der Waals surface area contributed by atoms with E-state index in [1.165, 1.54) is 13.3 Å². The minimum atomic E-state index is -0.387. The molecule has 0 saturated carbocycles. The van der Waals surface area contributed by atoms with Crippen molar-refractivity contribution in [2.45, 2.75) is 19.9 Å². The predicted molar refractivity (Wildman–Crippen MR) is 87.0 cm³/mol. The van der Waals surface area contributed by atoms with E-state index in [0.717, 1.165) is 16.7 Å². The van der Waals surface area contributed by atoms with Crippen LogP contribution in [0.4, 0.5) is 0 Å². The van der Waals surface area contributed by atoms with E-state index in [0.29, 0.717) is 18.5 Å². The Morgan fingerprint density at radius 3 is 2.35 bits per heavy atom. The maximum absolute atomic E-state index is 11.5. The quantitative estimate of drug-likeness (QED) is 0.796. The summed E-state index contributed by atoms with van der Waals surface area (Å²) in [6, 6.07) is 9.84. The summed E-state index contributed by atoms with van der Waals surface area (Å²) in [6.45, 7) is 2.14. The van der Waals surface area contributed by atoms with Gasteiger partial charge in [0.1, 0.15) is 0 Å². The van der Waals surface area contributed by atoms with Gasteiger partial charge in [-0.3, -0.25) is 9.78 Å². The lowest BCUT2D eigenvalue weighted by atomic mass is 10.0. The molecule has 0 atom stereocenters. The standard InChI is InChI=1S/C18H20N2O3/c1-13(21)20(2)12-15-6-4-14(5-7-15)8-16-9-17(11-19-10-16)18(22)23-3/h4-7,9-11H,8,12H2,1-3H3. The lowest BCUT2D eigenvalue weighted by Crippen LogP contribution is -2.22. The smallest absolute Gasteiger partial charge is 0.339 e. The third kappa shape index (κ3) is 4.64. The molecule has 120 valence electrons. The highest BCUT2D eigenvalue weighted by atomic mass is 16.5. The molecule has 0 N–H and O–H groups in total. The fraction of sp³-hybridized carbons (Fsp3) is 0.278. The largest absolute Gasteiger partial charge is 0.465 e. The third-order valence-electron chi connectivity index (χ3n) is 3.60. The topological polar surface area (TPSA) is 59.5 Å². The van der Waals surface area contributed by atoms with Crippen molar-refractivity contribution in [2.75, 3.05) is 14.2 Å². The van der Waals surface area contributed by atoms with Crippen molar-refractivity contribution in [1.29, 1.82) is 0 Å². The molecule has 1 aromatic heterocycles. The fourth-order valence-electron chi connectivity index (χ4n) is 2.20. The molecule has 1 aromatic carbocycles. The number of hydrogen-bond acceptors (Lipinski definition) is 4. The van der Waals surface area contributed by atoms with Crippen molar-refractivity contribution in [2.24, 2.45) is 0 Å². The molecule has 5 nitrogen and oxygen atoms in total. The van der Waals surface area contributed by atoms with E-state index in [9.17, 15) is 9.59 Å². The molecule has 0 spiro atoms. The molecule has 0 unspecified atom stereocenters. The second kappa shape index (κ2) is 7.54. The van der Waals surface area contributed by atoms with Crippen LogP contribution in [0.3, 0.4) is 0 Å². The van der Waals surface area contributed by atoms with Gasteiger partial charge in [-0.2, -0.15) is 0 Å². The Morgan fingerprint density at radius 1 is 1.09 bits per heavy atom. The molecule has 0 bridgehead atoms. The van der Waals surface area contributed by atoms with E-state index in [1.54, 1.807) is 31.1 Å². The number of aromatic nitrogens is 1. The summed E-state index contributed by atoms with van der Waals surface area (Å²) in [7, 11) is 3.13. The van der Waals surface area contributed by atoms with E-state index in [2.05, 4.69) is 4.98 Å². The van der Waals surface area contributed by atoms with Gasteiger partial charge >= 0.3 is 5.97 Å². The van der Waals surface area contributed by atoms with Gasteiger partial charge in [-0.15, -0.1) is 0 Å². The molecule has 1 amide bonds. The van der Waals surface area contributed by atoms with Crippen LogP contribution in [0.2, 0.25) is 0 Å². The van der Waals surface area contributed by atoms with Crippen LogP contribution in [0.5, 0.6) is 0 Å². The van der Waals surface area contributed by atoms with Crippen molar-refractivity contribution in [1.82, 2.24) is 9.88 Å². The summed E-state index contributed by atoms with van der Waals surface area (Å²) >= 11 is 0. The van der Waals surface area contributed by atoms with Gasteiger partial charge in [-0.05, 0) is 29.2 Å². The Morgan fingerprint density at radius 2 is 1.74 bits per heavy atom. The highest BCUT2D eigenvalue weighted by Gasteiger charge is 2.07. The van der Waals surface area contributed by atoms with Gasteiger partial charge in [0.2, 0.25) is 5.91 Å². The van der Waals surface area contributed by atoms with Crippen molar-refractivity contribution in [3.05, 3.63) is 65.0 Å². The number of ether oxygens (including phenoxy) is 1. The summed E-state index contributed by atoms with van der Waals surface area (Å²) in [4.78, 5) is 28.5. The molecule has 0 saturated heterocycles. The summed E-state index contributed by atoms with van der Waals surface area (Å²) in [5, 5.41) is 0. The van der Waals surface area contributed by atoms with Crippen LogP contribution in [0.15, 0.2) is 42.7 Å². The first kappa shape index (κ1) is 16.7. The molecule has 2 aromatic rings. The first-order chi connectivity index (χ1) is 11.0. The second-order valence-electron chi connectivity index (χ2n) is 5.44. The van der Waals surface area contributed by atoms with E-state index < -0.39 is 0 Å². The Labute approximate surface area is 135 Å². The highest BCUT2D eigenvalue weighted by molar-refractivity contribution is 5.89. The molecule has 0 aliphatic carbocycles. The van der Waals surface area contributed by atoms with E-state index >= 15 is 0 Å². The molecule has 0 aliphatic rings. The Hall–Kier alpha value is -2.69. The number of pyridine rings is 1. The van der Waals surface area contributed by atoms with Crippen LogP contribution in [0, 0.1) is 0 Å². The number of carbonyl (C=O) groups is 2. The Bertz CT molecular complexity index is 696. The van der Waals surface area contributed by atoms with Gasteiger partial charge in [-0.1, -0.05) is 24.3 Å². The SMILES string of the molecule is COC(=O)c1cncc(Cc2ccc(CN(C)C(C)=O)cc2)c1. The van der Waals surface area contributed by atoms with Crippen molar-refractivity contribution < 1.29 is 14.3 Å². The number of carbonyl (C=O) groups excluding carboxylic acids is 2. The van der Waals surface area contributed by atoms with Crippen LogP contribution in [0.1, 0.15) is 34.0 Å². The summed E-state index contributed by atoms with van der Waals surface area (Å²) in [6.07, 6.45) is 3.92. The van der Waals surface area contributed by atoms with Gasteiger partial charge < -0.3 is 9.64 Å². The molecule has 5 heteroatoms. The minimum Gasteiger partial charge on any atom is -0.465 e. The van der Waals surface area contributed by atoms with Crippen LogP contribution in [-0.4, -0.2) is 35.9 Å². The average Bonchev–Trinajstić information content (AvgIpc) is 2.56. The summed E-state index contributed by atoms with van der Waals surface area (Å²) < 4.78 is 4.70. The number of rotatable bonds is 5. The van der Waals surface area contributed by atoms with Crippen LogP contribution >= 0.6 is 0 Å². The highest BCUT2D eigenvalue weighted by Crippen LogP contribution is 2.13. The minimum absolute atomic E-state index is 0.0415. The molecule has 0 radical (unpaired) electrons. The number of methoxy groups -OCH3 is 1. The number of amides is 1. The molecular weight excluding hydrogens is 292 g/mol. The zero-order valence-corrected chi connectivity index (χ0v) is 13.6. The fourth-order valence-corrected chi connectivity index (χ4v) is 2.20. The first-order valence-corrected chi connectivity index (χ1v) is 7.31. The first-order valence-electron chi connectivity index (χ1n) is 7.31. The van der Waals surface area contributed by atoms with Gasteiger partial charge in [0.05, 0.1) is 12.7 Å². The predicted octanol–water partition coefficient (Wildman–Crippen LogP) is 2.44. The molecule has 0 fully saturated rings. The third-order valence-corrected chi connectivity index (χ3v) is 3.60. The maximum Gasteiger partial charge on any atom is 0.339 e. The number of esters is 1. The van der Waals surface area contributed by atoms with E-state index in [-0.39, 0.29) is 11.9 Å². The molecule has 1 heterocycles. The number of benzene rings is 1. The maximum atomic E-state index is 11.5. The molecule has 0 aliphatic heterocycles. The van der Waals surface area contributed by atoms with Gasteiger partial charge in [0.15, 0.2) is 0 Å². The van der Waals surface area contributed by atoms with Crippen molar-refractivity contribution in [3.63, 3.8) is 0 Å². The van der Waals surface area contributed by atoms with Crippen LogP contribution < -0.4 is 0 Å².